The molecule has 21 nitrogen and oxygen atoms in total. The molecule has 0 aliphatic heterocycles. The van der Waals surface area contributed by atoms with Crippen LogP contribution in [0.2, 0.25) is 0 Å². The first kappa shape index (κ1) is 48.8. The van der Waals surface area contributed by atoms with Crippen molar-refractivity contribution in [3.63, 3.8) is 0 Å². The Kier molecular flexibility index (Phi) is 13.7. The lowest BCUT2D eigenvalue weighted by Gasteiger charge is -2.08. The molecule has 0 amide bonds. The van der Waals surface area contributed by atoms with E-state index < -0.39 is 28.8 Å². The lowest BCUT2D eigenvalue weighted by molar-refractivity contribution is 0.0517. The summed E-state index contributed by atoms with van der Waals surface area (Å²) in [5, 5.41) is 9.39. The molecule has 0 unspecified atom stereocenters. The van der Waals surface area contributed by atoms with Crippen molar-refractivity contribution in [2.45, 2.75) is 60.3 Å². The second kappa shape index (κ2) is 19.6. The topological polar surface area (TPSA) is 336 Å². The number of carboxylic acid groups (broad SMARTS) is 1. The van der Waals surface area contributed by atoms with Crippen LogP contribution in [0.15, 0.2) is 88.8 Å². The van der Waals surface area contributed by atoms with Gasteiger partial charge in [-0.05, 0) is 92.8 Å². The van der Waals surface area contributed by atoms with Crippen LogP contribution in [0.4, 0.5) is 17.5 Å². The number of rotatable bonds is 8. The van der Waals surface area contributed by atoms with E-state index in [2.05, 4.69) is 36.5 Å². The van der Waals surface area contributed by atoms with Crippen molar-refractivity contribution in [1.82, 2.24) is 29.9 Å². The minimum atomic E-state index is -1.25. The minimum absolute atomic E-state index is 0.000836. The third kappa shape index (κ3) is 9.52. The number of allylic oxidation sites excluding steroid dienone is 1. The van der Waals surface area contributed by atoms with E-state index in [1.165, 1.54) is 18.2 Å². The van der Waals surface area contributed by atoms with E-state index in [1.54, 1.807) is 57.2 Å². The van der Waals surface area contributed by atoms with Crippen LogP contribution in [0, 0.1) is 0 Å². The summed E-state index contributed by atoms with van der Waals surface area (Å²) < 4.78 is 26.6. The van der Waals surface area contributed by atoms with Crippen molar-refractivity contribution in [2.24, 2.45) is 0 Å². The number of fused-ring (bicyclic) bond motifs is 6. The molecule has 9 rings (SSSR count). The van der Waals surface area contributed by atoms with E-state index in [-0.39, 0.29) is 126 Å². The van der Waals surface area contributed by atoms with Gasteiger partial charge in [-0.15, -0.1) is 0 Å². The molecule has 0 aliphatic rings. The Morgan fingerprint density at radius 1 is 0.571 bits per heavy atom. The molecule has 358 valence electrons. The number of nitrogens with zero attached hydrogens (tertiary/aromatic N) is 6. The summed E-state index contributed by atoms with van der Waals surface area (Å²) in [7, 11) is 0. The van der Waals surface area contributed by atoms with Gasteiger partial charge >= 0.3 is 17.9 Å². The molecule has 70 heavy (non-hydrogen) atoms. The number of anilines is 3. The number of carbonyl (C=O) groups is 3. The van der Waals surface area contributed by atoms with E-state index >= 15 is 0 Å². The lowest BCUT2D eigenvalue weighted by atomic mass is 10.1. The van der Waals surface area contributed by atoms with Crippen LogP contribution in [-0.2, 0) is 9.47 Å². The van der Waals surface area contributed by atoms with E-state index in [4.69, 9.17) is 45.0 Å². The Morgan fingerprint density at radius 2 is 0.914 bits per heavy atom. The average molecular weight is 952 g/mol. The molecule has 0 atom stereocenters. The number of aromatic carboxylic acids is 1. The first-order valence-corrected chi connectivity index (χ1v) is 21.6. The highest BCUT2D eigenvalue weighted by Crippen LogP contribution is 2.26. The molecule has 9 heterocycles. The summed E-state index contributed by atoms with van der Waals surface area (Å²) >= 11 is 0. The van der Waals surface area contributed by atoms with Gasteiger partial charge in [-0.25, -0.2) is 29.3 Å². The van der Waals surface area contributed by atoms with Crippen LogP contribution in [0.25, 0.3) is 72.2 Å². The van der Waals surface area contributed by atoms with Gasteiger partial charge in [-0.3, -0.25) is 14.4 Å². The fraction of sp³-hybridized carbons (Fsp3) is 0.224. The lowest BCUT2D eigenvalue weighted by Crippen LogP contribution is -2.13. The van der Waals surface area contributed by atoms with Crippen LogP contribution >= 0.6 is 0 Å². The summed E-state index contributed by atoms with van der Waals surface area (Å²) in [4.78, 5) is 97.9. The average Bonchev–Trinajstić information content (AvgIpc) is 3.31. The van der Waals surface area contributed by atoms with Crippen molar-refractivity contribution in [3.05, 3.63) is 126 Å². The van der Waals surface area contributed by atoms with Crippen molar-refractivity contribution >= 4 is 108 Å². The number of nitrogen functional groups attached to an aromatic ring is 3. The Morgan fingerprint density at radius 3 is 1.26 bits per heavy atom. The quantitative estimate of drug-likeness (QED) is 0.0857. The first-order valence-electron chi connectivity index (χ1n) is 21.6. The van der Waals surface area contributed by atoms with Gasteiger partial charge in [0.05, 0.1) is 35.1 Å². The summed E-state index contributed by atoms with van der Waals surface area (Å²) in [6.07, 6.45) is 0. The highest BCUT2D eigenvalue weighted by molar-refractivity contribution is 6.01. The number of ether oxygens (including phenoxy) is 2. The molecule has 0 aliphatic carbocycles. The summed E-state index contributed by atoms with van der Waals surface area (Å²) in [5.41, 5.74) is 20.1. The number of carbonyl (C=O) groups excluding carboxylic acids is 2. The van der Waals surface area contributed by atoms with Crippen LogP contribution in [0.5, 0.6) is 0 Å². The molecular formula is C49H45N9O12. The molecule has 0 spiro atoms. The van der Waals surface area contributed by atoms with Gasteiger partial charge < -0.3 is 45.0 Å². The van der Waals surface area contributed by atoms with E-state index in [1.807, 2.05) is 27.7 Å². The van der Waals surface area contributed by atoms with E-state index in [0.29, 0.717) is 11.3 Å². The molecule has 0 saturated carbocycles. The highest BCUT2D eigenvalue weighted by atomic mass is 16.5. The Hall–Kier alpha value is -9.14. The number of aromatic nitrogens is 6. The molecule has 0 aromatic carbocycles. The maximum Gasteiger partial charge on any atom is 0.341 e. The van der Waals surface area contributed by atoms with Crippen molar-refractivity contribution in [1.29, 1.82) is 0 Å². The number of hydrogen-bond donors (Lipinski definition) is 4. The third-order valence-electron chi connectivity index (χ3n) is 10.5. The van der Waals surface area contributed by atoms with Crippen LogP contribution < -0.4 is 33.5 Å². The van der Waals surface area contributed by atoms with Crippen LogP contribution in [0.1, 0.15) is 108 Å². The second-order valence-corrected chi connectivity index (χ2v) is 16.2. The molecule has 21 heteroatoms. The molecule has 0 bridgehead atoms. The smallest absolute Gasteiger partial charge is 0.341 e. The normalized spacial score (nSPS) is 11.2. The van der Waals surface area contributed by atoms with Crippen LogP contribution in [-0.4, -0.2) is 66.1 Å². The molecule has 9 aromatic rings. The number of hydrogen-bond acceptors (Lipinski definition) is 20. The second-order valence-electron chi connectivity index (χ2n) is 16.2. The zero-order chi connectivity index (χ0) is 50.9. The van der Waals surface area contributed by atoms with Crippen molar-refractivity contribution < 1.29 is 42.2 Å². The van der Waals surface area contributed by atoms with Crippen molar-refractivity contribution in [2.75, 3.05) is 30.4 Å². The maximum atomic E-state index is 12.8. The third-order valence-corrected chi connectivity index (χ3v) is 10.5. The standard InChI is InChI=1S/C17H17N3O4.C17H15N3O4.C15H13N3O4/c2*1-4-23-17(22)10-7-9-14(21)13-12(24-16(9)20-15(10)18)6-5-11(19-13)8(2)3;1-6(2)9-3-4-10-11(17-9)12(19)7-5-8(15(20)21)13(16)18-14(7)22-10/h5-8H,4H2,1-3H3,(H2,18,20);5-7H,2,4H2,1,3H3,(H2,18,20);3-6H,1-2H3,(H2,16,18)(H,20,21). The monoisotopic (exact) mass is 951 g/mol. The van der Waals surface area contributed by atoms with Gasteiger partial charge in [0.2, 0.25) is 33.4 Å². The SMILES string of the molecule is C=C(C)c1ccc2oc3nc(N)c(C(=O)OCC)cc3c(=O)c2n1.CC(C)c1ccc2oc3nc(N)c(C(=O)O)cc3c(=O)c2n1.CCOC(=O)c1cc2c(=O)c3nc(C(C)C)ccc3oc2nc1N. The van der Waals surface area contributed by atoms with Gasteiger partial charge in [-0.1, -0.05) is 34.3 Å². The predicted molar refractivity (Wildman–Crippen MR) is 262 cm³/mol. The van der Waals surface area contributed by atoms with Gasteiger partial charge in [0.25, 0.3) is 0 Å². The molecule has 7 N–H and O–H groups in total. The molecule has 0 fully saturated rings. The van der Waals surface area contributed by atoms with Crippen molar-refractivity contribution in [3.8, 4) is 0 Å². The molecular weight excluding hydrogens is 907 g/mol. The summed E-state index contributed by atoms with van der Waals surface area (Å²) in [6.45, 7) is 17.2. The Bertz CT molecular complexity index is 3820. The number of nitrogens with two attached hydrogens (primary N) is 3. The zero-order valence-corrected chi connectivity index (χ0v) is 38.8. The van der Waals surface area contributed by atoms with Gasteiger partial charge in [0, 0.05) is 11.4 Å². The van der Waals surface area contributed by atoms with E-state index in [9.17, 15) is 28.8 Å². The predicted octanol–water partition coefficient (Wildman–Crippen LogP) is 7.29. The highest BCUT2D eigenvalue weighted by Gasteiger charge is 2.21. The van der Waals surface area contributed by atoms with Crippen LogP contribution in [0.3, 0.4) is 0 Å². The fourth-order valence-corrected chi connectivity index (χ4v) is 6.85. The molecule has 0 saturated heterocycles. The molecule has 0 radical (unpaired) electrons. The number of carboxylic acids is 1. The maximum absolute atomic E-state index is 12.8. The largest absolute Gasteiger partial charge is 0.478 e. The number of pyridine rings is 6. The first-order chi connectivity index (χ1) is 33.2. The Balaban J connectivity index is 0.000000155. The fourth-order valence-electron chi connectivity index (χ4n) is 6.85. The van der Waals surface area contributed by atoms with Gasteiger partial charge in [0.15, 0.2) is 33.3 Å². The zero-order valence-electron chi connectivity index (χ0n) is 38.8. The Labute approximate surface area is 395 Å². The summed E-state index contributed by atoms with van der Waals surface area (Å²) in [5.74, 6) is -2.52. The molecule has 9 aromatic heterocycles. The van der Waals surface area contributed by atoms with Gasteiger partial charge in [-0.2, -0.15) is 15.0 Å². The van der Waals surface area contributed by atoms with Gasteiger partial charge in [0.1, 0.15) is 34.1 Å². The summed E-state index contributed by atoms with van der Waals surface area (Å²) in [6, 6.07) is 14.1. The number of esters is 2. The van der Waals surface area contributed by atoms with E-state index in [0.717, 1.165) is 17.0 Å². The minimum Gasteiger partial charge on any atom is -0.478 e.